The monoisotopic (exact) mass is 581 g/mol. The summed E-state index contributed by atoms with van der Waals surface area (Å²) in [5.41, 5.74) is 9.51. The van der Waals surface area contributed by atoms with Gasteiger partial charge in [-0.15, -0.1) is 11.3 Å². The van der Waals surface area contributed by atoms with Crippen LogP contribution in [0.5, 0.6) is 0 Å². The first-order valence-corrected chi connectivity index (χ1v) is 14.7. The third kappa shape index (κ3) is 5.30. The van der Waals surface area contributed by atoms with E-state index in [0.717, 1.165) is 56.1 Å². The fourth-order valence-corrected chi connectivity index (χ4v) is 6.56. The van der Waals surface area contributed by atoms with Gasteiger partial charge in [-0.25, -0.2) is 4.40 Å². The largest absolute Gasteiger partial charge is 0.311 e. The molecule has 0 saturated heterocycles. The molecule has 0 aliphatic heterocycles. The Labute approximate surface area is 255 Å². The number of nitrogens with one attached hydrogen (secondary N) is 1. The summed E-state index contributed by atoms with van der Waals surface area (Å²) in [6.45, 7) is 2.11. The molecule has 0 saturated carbocycles. The Hall–Kier alpha value is -4.78. The van der Waals surface area contributed by atoms with Crippen LogP contribution >= 0.6 is 24.2 Å². The van der Waals surface area contributed by atoms with Crippen molar-refractivity contribution in [2.45, 2.75) is 6.92 Å². The summed E-state index contributed by atoms with van der Waals surface area (Å²) < 4.78 is 4.18. The van der Waals surface area contributed by atoms with Gasteiger partial charge in [0.05, 0.1) is 5.71 Å². The predicted octanol–water partition coefficient (Wildman–Crippen LogP) is 9.79. The van der Waals surface area contributed by atoms with E-state index in [1.165, 1.54) is 4.88 Å². The number of hydrogen-bond acceptors (Lipinski definition) is 6. The number of nitrogens with zero attached hydrogens (tertiary/aromatic N) is 2. The number of carbonyl (C=O) groups excluding carboxylic acids is 1. The number of hydrogen-bond donors (Lipinski definition) is 2. The van der Waals surface area contributed by atoms with Gasteiger partial charge in [0.15, 0.2) is 0 Å². The average Bonchev–Trinajstić information content (AvgIpc) is 3.43. The molecule has 0 spiro atoms. The van der Waals surface area contributed by atoms with Crippen molar-refractivity contribution in [2.24, 2.45) is 4.40 Å². The van der Waals surface area contributed by atoms with E-state index < -0.39 is 0 Å². The van der Waals surface area contributed by atoms with Gasteiger partial charge in [-0.05, 0) is 78.9 Å². The number of rotatable bonds is 7. The van der Waals surface area contributed by atoms with E-state index in [-0.39, 0.29) is 0 Å². The SMILES string of the molecule is Cc1cc(C2=CC=C(c3ccc(C=O)cc3)/C(=N/S)C2=N)sc1-c1ccc(N(c2ccccc2)c2ccccc2)cc1. The van der Waals surface area contributed by atoms with Crippen molar-refractivity contribution in [3.05, 3.63) is 149 Å². The number of benzene rings is 4. The Balaban J connectivity index is 1.32. The lowest BCUT2D eigenvalue weighted by atomic mass is 9.89. The highest BCUT2D eigenvalue weighted by Crippen LogP contribution is 2.40. The second-order valence-electron chi connectivity index (χ2n) is 9.90. The van der Waals surface area contributed by atoms with Crippen LogP contribution in [-0.4, -0.2) is 17.7 Å². The number of para-hydroxylation sites is 2. The Bertz CT molecular complexity index is 1810. The standard InChI is InChI=1S/C36H27N3OS2/c1-24-22-33(32-21-20-31(35(38-41)34(32)37)26-14-12-25(23-40)13-15-26)42-36(24)27-16-18-30(19-17-27)39(28-8-4-2-5-9-28)29-10-6-3-7-11-29/h2-23,37,41H,1H3/b37-34?,38-35-. The minimum absolute atomic E-state index is 0.325. The Morgan fingerprint density at radius 1 is 0.738 bits per heavy atom. The van der Waals surface area contributed by atoms with Crippen molar-refractivity contribution < 1.29 is 4.79 Å². The third-order valence-electron chi connectivity index (χ3n) is 7.24. The highest BCUT2D eigenvalue weighted by atomic mass is 32.1. The predicted molar refractivity (Wildman–Crippen MR) is 181 cm³/mol. The second-order valence-corrected chi connectivity index (χ2v) is 11.2. The highest BCUT2D eigenvalue weighted by Gasteiger charge is 2.24. The molecule has 1 aromatic heterocycles. The van der Waals surface area contributed by atoms with Crippen molar-refractivity contribution in [3.63, 3.8) is 0 Å². The molecule has 0 unspecified atom stereocenters. The van der Waals surface area contributed by atoms with Gasteiger partial charge in [-0.1, -0.05) is 84.9 Å². The summed E-state index contributed by atoms with van der Waals surface area (Å²) in [5.74, 6) is 0. The van der Waals surface area contributed by atoms with Crippen LogP contribution < -0.4 is 4.90 Å². The topological polar surface area (TPSA) is 56.5 Å². The number of aldehydes is 1. The van der Waals surface area contributed by atoms with Crippen molar-refractivity contribution in [2.75, 3.05) is 4.90 Å². The fourth-order valence-electron chi connectivity index (χ4n) is 5.14. The van der Waals surface area contributed by atoms with E-state index in [4.69, 9.17) is 5.41 Å². The molecular formula is C36H27N3OS2. The van der Waals surface area contributed by atoms with Crippen molar-refractivity contribution in [1.82, 2.24) is 0 Å². The Kier molecular flexibility index (Phi) is 7.82. The molecule has 6 heteroatoms. The molecule has 204 valence electrons. The third-order valence-corrected chi connectivity index (χ3v) is 8.75. The summed E-state index contributed by atoms with van der Waals surface area (Å²) >= 11 is 5.88. The molecule has 4 nitrogen and oxygen atoms in total. The van der Waals surface area contributed by atoms with Gasteiger partial charge >= 0.3 is 0 Å². The molecule has 1 aliphatic rings. The normalized spacial score (nSPS) is 14.0. The molecular weight excluding hydrogens is 555 g/mol. The summed E-state index contributed by atoms with van der Waals surface area (Å²) in [5, 5.41) is 8.98. The van der Waals surface area contributed by atoms with E-state index in [1.807, 2.05) is 36.4 Å². The highest BCUT2D eigenvalue weighted by molar-refractivity contribution is 7.79. The number of anilines is 3. The molecule has 0 radical (unpaired) electrons. The Morgan fingerprint density at radius 2 is 1.29 bits per heavy atom. The number of allylic oxidation sites excluding steroid dienone is 4. The van der Waals surface area contributed by atoms with Crippen LogP contribution in [0.1, 0.15) is 26.4 Å². The summed E-state index contributed by atoms with van der Waals surface area (Å²) in [4.78, 5) is 15.5. The van der Waals surface area contributed by atoms with Gasteiger partial charge in [0.1, 0.15) is 12.0 Å². The van der Waals surface area contributed by atoms with Crippen LogP contribution in [0.25, 0.3) is 21.6 Å². The lowest BCUT2D eigenvalue weighted by Crippen LogP contribution is -2.19. The zero-order valence-electron chi connectivity index (χ0n) is 22.9. The molecule has 6 rings (SSSR count). The fraction of sp³-hybridized carbons (Fsp3) is 0.0278. The summed E-state index contributed by atoms with van der Waals surface area (Å²) in [6.07, 6.45) is 4.77. The molecule has 4 aromatic carbocycles. The van der Waals surface area contributed by atoms with E-state index in [1.54, 1.807) is 23.5 Å². The minimum atomic E-state index is 0.325. The van der Waals surface area contributed by atoms with Crippen LogP contribution in [0.4, 0.5) is 17.1 Å². The van der Waals surface area contributed by atoms with E-state index in [2.05, 4.69) is 108 Å². The zero-order valence-corrected chi connectivity index (χ0v) is 24.6. The first-order chi connectivity index (χ1) is 20.6. The van der Waals surface area contributed by atoms with Gasteiger partial charge in [0, 0.05) is 43.5 Å². The molecule has 1 N–H and O–H groups in total. The molecule has 1 heterocycles. The Morgan fingerprint density at radius 3 is 1.86 bits per heavy atom. The lowest BCUT2D eigenvalue weighted by molar-refractivity contribution is 0.112. The molecule has 42 heavy (non-hydrogen) atoms. The van der Waals surface area contributed by atoms with Crippen LogP contribution in [0.15, 0.2) is 132 Å². The first kappa shape index (κ1) is 27.4. The maximum absolute atomic E-state index is 11.1. The second kappa shape index (κ2) is 12.0. The van der Waals surface area contributed by atoms with Crippen molar-refractivity contribution in [3.8, 4) is 10.4 Å². The van der Waals surface area contributed by atoms with E-state index >= 15 is 0 Å². The van der Waals surface area contributed by atoms with Crippen molar-refractivity contribution >= 4 is 70.1 Å². The van der Waals surface area contributed by atoms with E-state index in [0.29, 0.717) is 17.0 Å². The quantitative estimate of drug-likeness (QED) is 0.114. The molecule has 0 bridgehead atoms. The summed E-state index contributed by atoms with van der Waals surface area (Å²) in [6, 6.07) is 38.8. The maximum atomic E-state index is 11.1. The van der Waals surface area contributed by atoms with Crippen molar-refractivity contribution in [1.29, 1.82) is 5.41 Å². The summed E-state index contributed by atoms with van der Waals surface area (Å²) in [7, 11) is 0. The van der Waals surface area contributed by atoms with Gasteiger partial charge in [-0.2, -0.15) is 0 Å². The molecule has 0 amide bonds. The van der Waals surface area contributed by atoms with Crippen LogP contribution in [-0.2, 0) is 0 Å². The smallest absolute Gasteiger partial charge is 0.150 e. The van der Waals surface area contributed by atoms with Gasteiger partial charge in [-0.3, -0.25) is 10.2 Å². The van der Waals surface area contributed by atoms with Gasteiger partial charge < -0.3 is 4.90 Å². The molecule has 0 fully saturated rings. The van der Waals surface area contributed by atoms with Gasteiger partial charge in [0.25, 0.3) is 0 Å². The number of thiol groups is 1. The number of aryl methyl sites for hydroxylation is 1. The number of thiophene rings is 1. The molecule has 5 aromatic rings. The van der Waals surface area contributed by atoms with Crippen LogP contribution in [0.2, 0.25) is 0 Å². The van der Waals surface area contributed by atoms with E-state index in [9.17, 15) is 4.79 Å². The lowest BCUT2D eigenvalue weighted by Gasteiger charge is -2.25. The van der Waals surface area contributed by atoms with Crippen LogP contribution in [0.3, 0.4) is 0 Å². The van der Waals surface area contributed by atoms with Crippen LogP contribution in [0, 0.1) is 12.3 Å². The maximum Gasteiger partial charge on any atom is 0.150 e. The van der Waals surface area contributed by atoms with Gasteiger partial charge in [0.2, 0.25) is 0 Å². The molecule has 1 aliphatic carbocycles. The zero-order chi connectivity index (χ0) is 29.1. The first-order valence-electron chi connectivity index (χ1n) is 13.5. The molecule has 0 atom stereocenters. The number of carbonyl (C=O) groups is 1. The minimum Gasteiger partial charge on any atom is -0.311 e. The average molecular weight is 582 g/mol.